The SMILES string of the molecule is CC(=O)NCC1CCCN(C(=O)[C@H](C)N)C1. The van der Waals surface area contributed by atoms with Gasteiger partial charge in [-0.1, -0.05) is 0 Å². The van der Waals surface area contributed by atoms with E-state index in [2.05, 4.69) is 5.32 Å². The number of carbonyl (C=O) groups is 2. The number of rotatable bonds is 3. The van der Waals surface area contributed by atoms with Crippen LogP contribution in [0.4, 0.5) is 0 Å². The van der Waals surface area contributed by atoms with Crippen molar-refractivity contribution < 1.29 is 9.59 Å². The highest BCUT2D eigenvalue weighted by Crippen LogP contribution is 2.16. The van der Waals surface area contributed by atoms with Crippen molar-refractivity contribution in [2.24, 2.45) is 11.7 Å². The van der Waals surface area contributed by atoms with Crippen LogP contribution in [-0.2, 0) is 9.59 Å². The van der Waals surface area contributed by atoms with E-state index >= 15 is 0 Å². The van der Waals surface area contributed by atoms with Gasteiger partial charge in [-0.3, -0.25) is 9.59 Å². The van der Waals surface area contributed by atoms with Gasteiger partial charge in [0.1, 0.15) is 0 Å². The highest BCUT2D eigenvalue weighted by atomic mass is 16.2. The quantitative estimate of drug-likeness (QED) is 0.695. The molecule has 0 saturated carbocycles. The first-order chi connectivity index (χ1) is 7.50. The molecule has 0 bridgehead atoms. The molecular formula is C11H21N3O2. The summed E-state index contributed by atoms with van der Waals surface area (Å²) < 4.78 is 0. The minimum absolute atomic E-state index is 0.00697. The zero-order valence-corrected chi connectivity index (χ0v) is 10.0. The first-order valence-corrected chi connectivity index (χ1v) is 5.79. The second-order valence-corrected chi connectivity index (χ2v) is 4.52. The van der Waals surface area contributed by atoms with Gasteiger partial charge in [0.25, 0.3) is 0 Å². The molecule has 5 heteroatoms. The molecule has 2 atom stereocenters. The Morgan fingerprint density at radius 3 is 2.81 bits per heavy atom. The number of piperidine rings is 1. The van der Waals surface area contributed by atoms with Gasteiger partial charge in [0.2, 0.25) is 11.8 Å². The molecule has 0 aliphatic carbocycles. The number of amides is 2. The third-order valence-corrected chi connectivity index (χ3v) is 2.86. The summed E-state index contributed by atoms with van der Waals surface area (Å²) in [5.41, 5.74) is 5.57. The number of carbonyl (C=O) groups excluding carboxylic acids is 2. The van der Waals surface area contributed by atoms with Crippen LogP contribution in [0.1, 0.15) is 26.7 Å². The van der Waals surface area contributed by atoms with Crippen molar-refractivity contribution in [1.29, 1.82) is 0 Å². The highest BCUT2D eigenvalue weighted by molar-refractivity contribution is 5.81. The molecular weight excluding hydrogens is 206 g/mol. The van der Waals surface area contributed by atoms with Crippen LogP contribution in [0.25, 0.3) is 0 Å². The summed E-state index contributed by atoms with van der Waals surface area (Å²) in [5, 5.41) is 2.80. The summed E-state index contributed by atoms with van der Waals surface area (Å²) in [5.74, 6) is 0.350. The molecule has 1 heterocycles. The number of likely N-dealkylation sites (tertiary alicyclic amines) is 1. The average Bonchev–Trinajstić information content (AvgIpc) is 2.25. The molecule has 2 amide bonds. The van der Waals surface area contributed by atoms with Crippen molar-refractivity contribution in [3.05, 3.63) is 0 Å². The summed E-state index contributed by atoms with van der Waals surface area (Å²) >= 11 is 0. The summed E-state index contributed by atoms with van der Waals surface area (Å²) in [6.07, 6.45) is 2.05. The molecule has 92 valence electrons. The maximum absolute atomic E-state index is 11.7. The van der Waals surface area contributed by atoms with Gasteiger partial charge < -0.3 is 16.0 Å². The summed E-state index contributed by atoms with van der Waals surface area (Å²) in [6, 6.07) is -0.431. The molecule has 1 aliphatic rings. The number of hydrogen-bond acceptors (Lipinski definition) is 3. The Morgan fingerprint density at radius 1 is 1.56 bits per heavy atom. The Balaban J connectivity index is 2.41. The fraction of sp³-hybridized carbons (Fsp3) is 0.818. The Bertz CT molecular complexity index is 266. The predicted octanol–water partition coefficient (Wildman–Crippen LogP) is -0.292. The van der Waals surface area contributed by atoms with Crippen LogP contribution in [0, 0.1) is 5.92 Å². The van der Waals surface area contributed by atoms with Gasteiger partial charge in [0.15, 0.2) is 0 Å². The Kier molecular flexibility index (Phi) is 4.73. The van der Waals surface area contributed by atoms with Crippen LogP contribution < -0.4 is 11.1 Å². The van der Waals surface area contributed by atoms with Crippen LogP contribution >= 0.6 is 0 Å². The molecule has 0 aromatic heterocycles. The average molecular weight is 227 g/mol. The Labute approximate surface area is 96.4 Å². The van der Waals surface area contributed by atoms with Gasteiger partial charge in [0, 0.05) is 26.6 Å². The number of nitrogens with zero attached hydrogens (tertiary/aromatic N) is 1. The van der Waals surface area contributed by atoms with Crippen molar-refractivity contribution in [2.45, 2.75) is 32.7 Å². The minimum Gasteiger partial charge on any atom is -0.356 e. The Hall–Kier alpha value is -1.10. The molecule has 0 aromatic rings. The molecule has 0 spiro atoms. The molecule has 5 nitrogen and oxygen atoms in total. The van der Waals surface area contributed by atoms with Crippen LogP contribution in [0.5, 0.6) is 0 Å². The van der Waals surface area contributed by atoms with E-state index in [-0.39, 0.29) is 11.8 Å². The maximum Gasteiger partial charge on any atom is 0.239 e. The van der Waals surface area contributed by atoms with Crippen LogP contribution in [-0.4, -0.2) is 42.4 Å². The van der Waals surface area contributed by atoms with E-state index in [1.54, 1.807) is 11.8 Å². The third-order valence-electron chi connectivity index (χ3n) is 2.86. The topological polar surface area (TPSA) is 75.4 Å². The largest absolute Gasteiger partial charge is 0.356 e. The first kappa shape index (κ1) is 13.0. The molecule has 0 aromatic carbocycles. The van der Waals surface area contributed by atoms with E-state index in [1.165, 1.54) is 6.92 Å². The van der Waals surface area contributed by atoms with Crippen molar-refractivity contribution in [1.82, 2.24) is 10.2 Å². The van der Waals surface area contributed by atoms with Gasteiger partial charge >= 0.3 is 0 Å². The zero-order chi connectivity index (χ0) is 12.1. The van der Waals surface area contributed by atoms with Crippen molar-refractivity contribution in [3.8, 4) is 0 Å². The van der Waals surface area contributed by atoms with Gasteiger partial charge in [-0.25, -0.2) is 0 Å². The lowest BCUT2D eigenvalue weighted by Gasteiger charge is -2.33. The summed E-state index contributed by atoms with van der Waals surface area (Å²) in [4.78, 5) is 24.3. The number of nitrogens with one attached hydrogen (secondary N) is 1. The standard InChI is InChI=1S/C11H21N3O2/c1-8(12)11(16)14-5-3-4-10(7-14)6-13-9(2)15/h8,10H,3-7,12H2,1-2H3,(H,13,15)/t8-,10?/m0/s1. The highest BCUT2D eigenvalue weighted by Gasteiger charge is 2.25. The number of hydrogen-bond donors (Lipinski definition) is 2. The van der Waals surface area contributed by atoms with E-state index in [0.717, 1.165) is 19.4 Å². The van der Waals surface area contributed by atoms with E-state index < -0.39 is 6.04 Å². The normalized spacial score (nSPS) is 22.7. The van der Waals surface area contributed by atoms with E-state index in [9.17, 15) is 9.59 Å². The molecule has 1 fully saturated rings. The van der Waals surface area contributed by atoms with Crippen LogP contribution in [0.15, 0.2) is 0 Å². The van der Waals surface area contributed by atoms with Gasteiger partial charge in [0.05, 0.1) is 6.04 Å². The van der Waals surface area contributed by atoms with Crippen molar-refractivity contribution >= 4 is 11.8 Å². The first-order valence-electron chi connectivity index (χ1n) is 5.79. The smallest absolute Gasteiger partial charge is 0.239 e. The molecule has 1 rings (SSSR count). The second kappa shape index (κ2) is 5.84. The second-order valence-electron chi connectivity index (χ2n) is 4.52. The molecule has 1 unspecified atom stereocenters. The molecule has 1 aliphatic heterocycles. The molecule has 0 radical (unpaired) electrons. The fourth-order valence-corrected chi connectivity index (χ4v) is 2.01. The number of nitrogens with two attached hydrogens (primary N) is 1. The maximum atomic E-state index is 11.7. The third kappa shape index (κ3) is 3.81. The lowest BCUT2D eigenvalue weighted by Crippen LogP contribution is -2.48. The van der Waals surface area contributed by atoms with E-state index in [0.29, 0.717) is 19.0 Å². The monoisotopic (exact) mass is 227 g/mol. The lowest BCUT2D eigenvalue weighted by molar-refractivity contribution is -0.133. The zero-order valence-electron chi connectivity index (χ0n) is 10.0. The van der Waals surface area contributed by atoms with Gasteiger partial charge in [-0.2, -0.15) is 0 Å². The lowest BCUT2D eigenvalue weighted by atomic mass is 9.97. The Morgan fingerprint density at radius 2 is 2.25 bits per heavy atom. The van der Waals surface area contributed by atoms with Crippen molar-refractivity contribution in [3.63, 3.8) is 0 Å². The minimum atomic E-state index is -0.431. The molecule has 1 saturated heterocycles. The van der Waals surface area contributed by atoms with Crippen LogP contribution in [0.2, 0.25) is 0 Å². The molecule has 16 heavy (non-hydrogen) atoms. The van der Waals surface area contributed by atoms with E-state index in [4.69, 9.17) is 5.73 Å². The van der Waals surface area contributed by atoms with Gasteiger partial charge in [-0.15, -0.1) is 0 Å². The molecule has 3 N–H and O–H groups in total. The van der Waals surface area contributed by atoms with E-state index in [1.807, 2.05) is 0 Å². The predicted molar refractivity (Wildman–Crippen MR) is 61.6 cm³/mol. The van der Waals surface area contributed by atoms with Gasteiger partial charge in [-0.05, 0) is 25.7 Å². The van der Waals surface area contributed by atoms with Crippen LogP contribution in [0.3, 0.4) is 0 Å². The summed E-state index contributed by atoms with van der Waals surface area (Å²) in [6.45, 7) is 5.36. The fourth-order valence-electron chi connectivity index (χ4n) is 2.01. The van der Waals surface area contributed by atoms with Crippen molar-refractivity contribution in [2.75, 3.05) is 19.6 Å². The summed E-state index contributed by atoms with van der Waals surface area (Å²) in [7, 11) is 0.